The lowest BCUT2D eigenvalue weighted by Crippen LogP contribution is -2.54. The molecule has 2 aliphatic heterocycles. The van der Waals surface area contributed by atoms with E-state index in [2.05, 4.69) is 27.0 Å². The third-order valence-corrected chi connectivity index (χ3v) is 7.38. The van der Waals surface area contributed by atoms with Gasteiger partial charge in [0.15, 0.2) is 0 Å². The molecule has 188 valence electrons. The Morgan fingerprint density at radius 2 is 1.83 bits per heavy atom. The van der Waals surface area contributed by atoms with E-state index in [-0.39, 0.29) is 30.9 Å². The van der Waals surface area contributed by atoms with Crippen molar-refractivity contribution >= 4 is 16.6 Å². The van der Waals surface area contributed by atoms with Gasteiger partial charge in [0, 0.05) is 66.7 Å². The highest BCUT2D eigenvalue weighted by molar-refractivity contribution is 5.85. The second-order valence-corrected chi connectivity index (χ2v) is 9.83. The average Bonchev–Trinajstić information content (AvgIpc) is 3.17. The SMILES string of the molecule is CC1Cc2c([nH]c3ccccc23)C(c2c(F)cc(NC3CN(CCCF)C3)cc2F)N1CCCO. The lowest BCUT2D eigenvalue weighted by atomic mass is 9.88. The van der Waals surface area contributed by atoms with Crippen molar-refractivity contribution in [3.63, 3.8) is 0 Å². The molecular formula is C27H33F3N4O. The number of likely N-dealkylation sites (tertiary alicyclic amines) is 1. The van der Waals surface area contributed by atoms with Crippen LogP contribution in [0.2, 0.25) is 0 Å². The monoisotopic (exact) mass is 486 g/mol. The lowest BCUT2D eigenvalue weighted by molar-refractivity contribution is 0.129. The molecular weight excluding hydrogens is 453 g/mol. The molecule has 8 heteroatoms. The standard InChI is InChI=1S/C27H33F3N4O/c1-17-12-21-20-6-2-3-7-24(20)32-26(21)27(34(17)10-5-11-35)25-22(29)13-18(14-23(25)30)31-19-15-33(16-19)9-4-8-28/h2-3,6-7,13-14,17,19,27,31-32,35H,4-5,8-12,15-16H2,1H3. The fourth-order valence-electron chi connectivity index (χ4n) is 5.71. The number of hydrogen-bond donors (Lipinski definition) is 3. The van der Waals surface area contributed by atoms with Gasteiger partial charge in [0.25, 0.3) is 0 Å². The van der Waals surface area contributed by atoms with Crippen LogP contribution in [0.5, 0.6) is 0 Å². The highest BCUT2D eigenvalue weighted by atomic mass is 19.1. The number of para-hydroxylation sites is 1. The molecule has 0 spiro atoms. The molecule has 3 heterocycles. The summed E-state index contributed by atoms with van der Waals surface area (Å²) in [7, 11) is 0. The third kappa shape index (κ3) is 4.67. The van der Waals surface area contributed by atoms with E-state index in [1.54, 1.807) is 0 Å². The van der Waals surface area contributed by atoms with Gasteiger partial charge in [-0.3, -0.25) is 14.2 Å². The van der Waals surface area contributed by atoms with Crippen LogP contribution < -0.4 is 5.32 Å². The van der Waals surface area contributed by atoms with E-state index in [4.69, 9.17) is 0 Å². The second-order valence-electron chi connectivity index (χ2n) is 9.83. The van der Waals surface area contributed by atoms with Crippen molar-refractivity contribution in [3.8, 4) is 0 Å². The Kier molecular flexibility index (Phi) is 7.05. The van der Waals surface area contributed by atoms with Gasteiger partial charge in [-0.25, -0.2) is 8.78 Å². The number of fused-ring (bicyclic) bond motifs is 3. The number of hydrogen-bond acceptors (Lipinski definition) is 4. The summed E-state index contributed by atoms with van der Waals surface area (Å²) in [6, 6.07) is 10.3. The summed E-state index contributed by atoms with van der Waals surface area (Å²) in [5, 5.41) is 13.8. The molecule has 35 heavy (non-hydrogen) atoms. The summed E-state index contributed by atoms with van der Waals surface area (Å²) in [5.74, 6) is -1.17. The van der Waals surface area contributed by atoms with Crippen LogP contribution in [0.4, 0.5) is 18.9 Å². The van der Waals surface area contributed by atoms with E-state index >= 15 is 8.78 Å². The predicted molar refractivity (Wildman–Crippen MR) is 133 cm³/mol. The molecule has 5 rings (SSSR count). The van der Waals surface area contributed by atoms with E-state index in [9.17, 15) is 9.50 Å². The van der Waals surface area contributed by atoms with Crippen LogP contribution >= 0.6 is 0 Å². The van der Waals surface area contributed by atoms with Crippen molar-refractivity contribution < 1.29 is 18.3 Å². The van der Waals surface area contributed by atoms with Gasteiger partial charge in [-0.15, -0.1) is 0 Å². The van der Waals surface area contributed by atoms with Gasteiger partial charge in [-0.05, 0) is 49.9 Å². The maximum Gasteiger partial charge on any atom is 0.133 e. The maximum absolute atomic E-state index is 15.7. The number of aliphatic hydroxyl groups excluding tert-OH is 1. The van der Waals surface area contributed by atoms with Gasteiger partial charge in [-0.1, -0.05) is 18.2 Å². The van der Waals surface area contributed by atoms with Gasteiger partial charge < -0.3 is 15.4 Å². The first-order chi connectivity index (χ1) is 17.0. The van der Waals surface area contributed by atoms with Crippen molar-refractivity contribution in [2.24, 2.45) is 0 Å². The van der Waals surface area contributed by atoms with Crippen LogP contribution in [0.25, 0.3) is 10.9 Å². The van der Waals surface area contributed by atoms with Gasteiger partial charge in [-0.2, -0.15) is 0 Å². The van der Waals surface area contributed by atoms with Crippen molar-refractivity contribution in [2.75, 3.05) is 44.8 Å². The van der Waals surface area contributed by atoms with Crippen LogP contribution in [0.3, 0.4) is 0 Å². The van der Waals surface area contributed by atoms with E-state index in [0.717, 1.165) is 41.7 Å². The van der Waals surface area contributed by atoms with Crippen molar-refractivity contribution in [1.29, 1.82) is 0 Å². The number of nitrogens with one attached hydrogen (secondary N) is 2. The van der Waals surface area contributed by atoms with Crippen molar-refractivity contribution in [2.45, 2.75) is 44.3 Å². The Hall–Kier alpha value is -2.55. The smallest absolute Gasteiger partial charge is 0.133 e. The van der Waals surface area contributed by atoms with E-state index in [1.165, 1.54) is 12.1 Å². The van der Waals surface area contributed by atoms with Gasteiger partial charge in [0.2, 0.25) is 0 Å². The molecule has 0 saturated carbocycles. The molecule has 2 unspecified atom stereocenters. The van der Waals surface area contributed by atoms with Crippen LogP contribution in [-0.4, -0.2) is 71.4 Å². The largest absolute Gasteiger partial charge is 0.396 e. The van der Waals surface area contributed by atoms with E-state index < -0.39 is 17.7 Å². The van der Waals surface area contributed by atoms with Gasteiger partial charge in [0.1, 0.15) is 11.6 Å². The highest BCUT2D eigenvalue weighted by Gasteiger charge is 2.38. The van der Waals surface area contributed by atoms with Crippen LogP contribution in [0.15, 0.2) is 36.4 Å². The predicted octanol–water partition coefficient (Wildman–Crippen LogP) is 4.62. The summed E-state index contributed by atoms with van der Waals surface area (Å²) in [5.41, 5.74) is 3.33. The van der Waals surface area contributed by atoms with Crippen molar-refractivity contribution in [3.05, 3.63) is 64.9 Å². The molecule has 1 aromatic heterocycles. The number of nitrogens with zero attached hydrogens (tertiary/aromatic N) is 2. The van der Waals surface area contributed by atoms with Crippen LogP contribution in [-0.2, 0) is 6.42 Å². The molecule has 2 aromatic carbocycles. The zero-order valence-corrected chi connectivity index (χ0v) is 20.0. The summed E-state index contributed by atoms with van der Waals surface area (Å²) in [4.78, 5) is 7.67. The summed E-state index contributed by atoms with van der Waals surface area (Å²) in [6.07, 6.45) is 1.80. The molecule has 2 atom stereocenters. The minimum Gasteiger partial charge on any atom is -0.396 e. The first-order valence-corrected chi connectivity index (χ1v) is 12.5. The number of aromatic amines is 1. The first-order valence-electron chi connectivity index (χ1n) is 12.5. The molecule has 3 aromatic rings. The summed E-state index contributed by atoms with van der Waals surface area (Å²) >= 11 is 0. The number of rotatable bonds is 9. The van der Waals surface area contributed by atoms with E-state index in [0.29, 0.717) is 31.6 Å². The number of aliphatic hydroxyl groups is 1. The van der Waals surface area contributed by atoms with Gasteiger partial charge >= 0.3 is 0 Å². The molecule has 0 aliphatic carbocycles. The molecule has 3 N–H and O–H groups in total. The molecule has 2 aliphatic rings. The summed E-state index contributed by atoms with van der Waals surface area (Å²) < 4.78 is 43.7. The minimum absolute atomic E-state index is 0.0209. The number of H-pyrrole nitrogens is 1. The molecule has 1 fully saturated rings. The Bertz CT molecular complexity index is 1150. The molecule has 1 saturated heterocycles. The fourth-order valence-corrected chi connectivity index (χ4v) is 5.71. The van der Waals surface area contributed by atoms with Crippen molar-refractivity contribution in [1.82, 2.24) is 14.8 Å². The Labute approximate surface area is 203 Å². The normalized spacial score (nSPS) is 21.3. The zero-order valence-electron chi connectivity index (χ0n) is 20.0. The number of anilines is 1. The highest BCUT2D eigenvalue weighted by Crippen LogP contribution is 2.43. The number of aromatic nitrogens is 1. The quantitative estimate of drug-likeness (QED) is 0.413. The van der Waals surface area contributed by atoms with Crippen LogP contribution in [0, 0.1) is 11.6 Å². The molecule has 0 bridgehead atoms. The Balaban J connectivity index is 1.47. The molecule has 5 nitrogen and oxygen atoms in total. The Morgan fingerprint density at radius 1 is 1.09 bits per heavy atom. The maximum atomic E-state index is 15.7. The van der Waals surface area contributed by atoms with E-state index in [1.807, 2.05) is 24.3 Å². The number of alkyl halides is 1. The third-order valence-electron chi connectivity index (χ3n) is 7.38. The average molecular weight is 487 g/mol. The lowest BCUT2D eigenvalue weighted by Gasteiger charge is -2.41. The first kappa shape index (κ1) is 24.2. The number of benzene rings is 2. The topological polar surface area (TPSA) is 54.5 Å². The minimum atomic E-state index is -0.610. The number of halogens is 3. The fraction of sp³-hybridized carbons (Fsp3) is 0.481. The molecule has 0 amide bonds. The summed E-state index contributed by atoms with van der Waals surface area (Å²) in [6.45, 7) is 4.47. The Morgan fingerprint density at radius 3 is 2.54 bits per heavy atom. The second kappa shape index (κ2) is 10.2. The zero-order chi connectivity index (χ0) is 24.5. The van der Waals surface area contributed by atoms with Crippen LogP contribution in [0.1, 0.15) is 42.6 Å². The molecule has 0 radical (unpaired) electrons. The van der Waals surface area contributed by atoms with Gasteiger partial charge in [0.05, 0.1) is 18.8 Å².